The van der Waals surface area contributed by atoms with Crippen LogP contribution in [-0.4, -0.2) is 41.1 Å². The average molecular weight is 298 g/mol. The van der Waals surface area contributed by atoms with Crippen LogP contribution in [0.15, 0.2) is 0 Å². The predicted octanol–water partition coefficient (Wildman–Crippen LogP) is 2.95. The van der Waals surface area contributed by atoms with Crippen molar-refractivity contribution in [1.82, 2.24) is 10.2 Å². The van der Waals surface area contributed by atoms with Gasteiger partial charge in [0.05, 0.1) is 0 Å². The Morgan fingerprint density at radius 2 is 1.95 bits per heavy atom. The highest BCUT2D eigenvalue weighted by Gasteiger charge is 2.31. The minimum absolute atomic E-state index is 0.0198. The second kappa shape index (κ2) is 8.25. The molecule has 0 aromatic rings. The number of carboxylic acid groups (broad SMARTS) is 1. The van der Waals surface area contributed by atoms with Crippen molar-refractivity contribution in [2.24, 2.45) is 17.8 Å². The van der Waals surface area contributed by atoms with Crippen molar-refractivity contribution in [2.75, 3.05) is 13.1 Å². The molecule has 1 aliphatic heterocycles. The number of nitrogens with zero attached hydrogens (tertiary/aromatic N) is 1. The highest BCUT2D eigenvalue weighted by atomic mass is 16.4. The predicted molar refractivity (Wildman–Crippen MR) is 83.2 cm³/mol. The van der Waals surface area contributed by atoms with Gasteiger partial charge in [-0.2, -0.15) is 0 Å². The molecule has 2 amide bonds. The maximum atomic E-state index is 12.3. The fraction of sp³-hybridized carbons (Fsp3) is 0.875. The van der Waals surface area contributed by atoms with Gasteiger partial charge < -0.3 is 15.3 Å². The summed E-state index contributed by atoms with van der Waals surface area (Å²) in [5, 5.41) is 11.6. The van der Waals surface area contributed by atoms with Crippen molar-refractivity contribution in [3.8, 4) is 0 Å². The summed E-state index contributed by atoms with van der Waals surface area (Å²) < 4.78 is 0. The molecule has 5 heteroatoms. The van der Waals surface area contributed by atoms with Gasteiger partial charge in [-0.25, -0.2) is 4.79 Å². The number of carboxylic acids is 1. The van der Waals surface area contributed by atoms with Crippen LogP contribution in [0.5, 0.6) is 0 Å². The smallest absolute Gasteiger partial charge is 0.317 e. The normalized spacial score (nSPS) is 27.2. The van der Waals surface area contributed by atoms with Gasteiger partial charge in [0.2, 0.25) is 0 Å². The number of aliphatic carboxylic acids is 1. The summed E-state index contributed by atoms with van der Waals surface area (Å²) in [6, 6.07) is 0.303. The lowest BCUT2D eigenvalue weighted by atomic mass is 9.86. The number of hydrogen-bond donors (Lipinski definition) is 2. The highest BCUT2D eigenvalue weighted by Crippen LogP contribution is 2.26. The zero-order chi connectivity index (χ0) is 16.0. The number of carbonyl (C=O) groups is 2. The van der Waals surface area contributed by atoms with Gasteiger partial charge in [0, 0.05) is 25.6 Å². The molecule has 5 nitrogen and oxygen atoms in total. The Morgan fingerprint density at radius 3 is 2.57 bits per heavy atom. The van der Waals surface area contributed by atoms with E-state index in [9.17, 15) is 9.59 Å². The van der Waals surface area contributed by atoms with Crippen molar-refractivity contribution in [3.05, 3.63) is 0 Å². The van der Waals surface area contributed by atoms with E-state index in [1.54, 1.807) is 0 Å². The number of nitrogens with one attached hydrogen (secondary N) is 1. The second-order valence-electron chi connectivity index (χ2n) is 6.77. The molecule has 4 atom stereocenters. The Kier molecular flexibility index (Phi) is 6.99. The van der Waals surface area contributed by atoms with Crippen molar-refractivity contribution < 1.29 is 14.7 Å². The van der Waals surface area contributed by atoms with Crippen molar-refractivity contribution in [2.45, 2.75) is 59.4 Å². The van der Waals surface area contributed by atoms with Crippen LogP contribution < -0.4 is 5.32 Å². The summed E-state index contributed by atoms with van der Waals surface area (Å²) in [5.74, 6) is 0.652. The van der Waals surface area contributed by atoms with E-state index < -0.39 is 5.97 Å². The Morgan fingerprint density at radius 1 is 1.29 bits per heavy atom. The fourth-order valence-electron chi connectivity index (χ4n) is 3.02. The molecule has 1 aliphatic rings. The maximum absolute atomic E-state index is 12.3. The number of piperidine rings is 1. The number of urea groups is 1. The van der Waals surface area contributed by atoms with Crippen LogP contribution in [0.25, 0.3) is 0 Å². The maximum Gasteiger partial charge on any atom is 0.317 e. The first kappa shape index (κ1) is 17.8. The SMILES string of the molecule is CC(CCNC(=O)N1CC(C)CC(C)C1C)CCC(=O)O. The molecule has 1 saturated heterocycles. The van der Waals surface area contributed by atoms with Gasteiger partial charge in [-0.05, 0) is 43.9 Å². The largest absolute Gasteiger partial charge is 0.481 e. The van der Waals surface area contributed by atoms with Gasteiger partial charge in [0.15, 0.2) is 0 Å². The summed E-state index contributed by atoms with van der Waals surface area (Å²) in [6.45, 7) is 9.98. The molecule has 1 heterocycles. The number of carbonyl (C=O) groups excluding carboxylic acids is 1. The monoisotopic (exact) mass is 298 g/mol. The van der Waals surface area contributed by atoms with E-state index in [4.69, 9.17) is 5.11 Å². The summed E-state index contributed by atoms with van der Waals surface area (Å²) >= 11 is 0. The second-order valence-corrected chi connectivity index (χ2v) is 6.77. The number of hydrogen-bond acceptors (Lipinski definition) is 2. The molecule has 0 saturated carbocycles. The van der Waals surface area contributed by atoms with E-state index in [2.05, 4.69) is 26.1 Å². The van der Waals surface area contributed by atoms with Gasteiger partial charge in [0.25, 0.3) is 0 Å². The molecule has 1 fully saturated rings. The van der Waals surface area contributed by atoms with Gasteiger partial charge in [-0.1, -0.05) is 20.8 Å². The molecule has 0 spiro atoms. The first-order chi connectivity index (χ1) is 9.81. The number of likely N-dealkylation sites (tertiary alicyclic amines) is 1. The molecule has 21 heavy (non-hydrogen) atoms. The lowest BCUT2D eigenvalue weighted by molar-refractivity contribution is -0.137. The Balaban J connectivity index is 2.31. The van der Waals surface area contributed by atoms with E-state index >= 15 is 0 Å². The van der Waals surface area contributed by atoms with Gasteiger partial charge in [-0.3, -0.25) is 4.79 Å². The van der Waals surface area contributed by atoms with Crippen LogP contribution in [0.4, 0.5) is 4.79 Å². The third kappa shape index (κ3) is 5.94. The molecule has 1 rings (SSSR count). The minimum Gasteiger partial charge on any atom is -0.481 e. The van der Waals surface area contributed by atoms with Gasteiger partial charge >= 0.3 is 12.0 Å². The van der Waals surface area contributed by atoms with E-state index in [-0.39, 0.29) is 18.5 Å². The molecule has 0 aromatic carbocycles. The molecule has 2 N–H and O–H groups in total. The third-order valence-corrected chi connectivity index (χ3v) is 4.62. The van der Waals surface area contributed by atoms with Crippen LogP contribution in [0.3, 0.4) is 0 Å². The molecule has 0 radical (unpaired) electrons. The molecule has 4 unspecified atom stereocenters. The topological polar surface area (TPSA) is 69.6 Å². The minimum atomic E-state index is -0.754. The highest BCUT2D eigenvalue weighted by molar-refractivity contribution is 5.74. The molecule has 0 bridgehead atoms. The first-order valence-corrected chi connectivity index (χ1v) is 8.07. The van der Waals surface area contributed by atoms with Crippen LogP contribution in [0, 0.1) is 17.8 Å². The Labute approximate surface area is 128 Å². The molecule has 122 valence electrons. The Hall–Kier alpha value is -1.26. The van der Waals surface area contributed by atoms with E-state index in [0.29, 0.717) is 30.7 Å². The summed E-state index contributed by atoms with van der Waals surface area (Å²) in [7, 11) is 0. The lowest BCUT2D eigenvalue weighted by Crippen LogP contribution is -2.52. The summed E-state index contributed by atoms with van der Waals surface area (Å²) in [4.78, 5) is 24.7. The molecular weight excluding hydrogens is 268 g/mol. The molecule has 0 aliphatic carbocycles. The zero-order valence-electron chi connectivity index (χ0n) is 13.8. The average Bonchev–Trinajstić information content (AvgIpc) is 2.40. The van der Waals surface area contributed by atoms with Gasteiger partial charge in [-0.15, -0.1) is 0 Å². The van der Waals surface area contributed by atoms with Crippen molar-refractivity contribution in [1.29, 1.82) is 0 Å². The first-order valence-electron chi connectivity index (χ1n) is 8.07. The molecule has 0 aromatic heterocycles. The molecular formula is C16H30N2O3. The van der Waals surface area contributed by atoms with E-state index in [1.807, 2.05) is 11.8 Å². The van der Waals surface area contributed by atoms with Gasteiger partial charge in [0.1, 0.15) is 0 Å². The fourth-order valence-corrected chi connectivity index (χ4v) is 3.02. The van der Waals surface area contributed by atoms with E-state index in [0.717, 1.165) is 13.0 Å². The summed E-state index contributed by atoms with van der Waals surface area (Å²) in [5.41, 5.74) is 0. The van der Waals surface area contributed by atoms with E-state index in [1.165, 1.54) is 6.42 Å². The number of amides is 2. The van der Waals surface area contributed by atoms with Crippen LogP contribution in [0.2, 0.25) is 0 Å². The van der Waals surface area contributed by atoms with Crippen LogP contribution >= 0.6 is 0 Å². The zero-order valence-corrected chi connectivity index (χ0v) is 13.8. The van der Waals surface area contributed by atoms with Crippen LogP contribution in [-0.2, 0) is 4.79 Å². The Bertz CT molecular complexity index is 359. The van der Waals surface area contributed by atoms with Crippen molar-refractivity contribution in [3.63, 3.8) is 0 Å². The lowest BCUT2D eigenvalue weighted by Gasteiger charge is -2.41. The van der Waals surface area contributed by atoms with Crippen molar-refractivity contribution >= 4 is 12.0 Å². The number of rotatable bonds is 6. The van der Waals surface area contributed by atoms with Crippen LogP contribution in [0.1, 0.15) is 53.4 Å². The standard InChI is InChI=1S/C16H30N2O3/c1-11(5-6-15(19)20)7-8-17-16(21)18-10-12(2)9-13(3)14(18)4/h11-14H,5-10H2,1-4H3,(H,17,21)(H,19,20). The third-order valence-electron chi connectivity index (χ3n) is 4.62. The summed E-state index contributed by atoms with van der Waals surface area (Å²) in [6.07, 6.45) is 2.87. The quantitative estimate of drug-likeness (QED) is 0.792.